The third-order valence-electron chi connectivity index (χ3n) is 3.93. The van der Waals surface area contributed by atoms with E-state index in [0.29, 0.717) is 5.92 Å². The Kier molecular flexibility index (Phi) is 3.59. The van der Waals surface area contributed by atoms with Crippen LogP contribution in [0.15, 0.2) is 22.7 Å². The molecule has 0 radical (unpaired) electrons. The van der Waals surface area contributed by atoms with Crippen LogP contribution in [0.1, 0.15) is 30.9 Å². The highest BCUT2D eigenvalue weighted by atomic mass is 79.9. The Morgan fingerprint density at radius 2 is 2.00 bits per heavy atom. The quantitative estimate of drug-likeness (QED) is 0.867. The Hall–Kier alpha value is -0.580. The van der Waals surface area contributed by atoms with Crippen LogP contribution in [0.4, 0.5) is 0 Å². The van der Waals surface area contributed by atoms with Crippen molar-refractivity contribution in [3.8, 4) is 5.75 Å². The summed E-state index contributed by atoms with van der Waals surface area (Å²) in [6.07, 6.45) is 3.33. The summed E-state index contributed by atoms with van der Waals surface area (Å²) in [6, 6.07) is 6.18. The molecule has 4 heteroatoms. The number of ether oxygens (including phenoxy) is 2. The summed E-state index contributed by atoms with van der Waals surface area (Å²) in [4.78, 5) is 0. The zero-order valence-corrected chi connectivity index (χ0v) is 11.9. The maximum absolute atomic E-state index is 6.28. The lowest BCUT2D eigenvalue weighted by Gasteiger charge is -2.36. The first-order chi connectivity index (χ1) is 8.74. The van der Waals surface area contributed by atoms with Crippen LogP contribution in [0.5, 0.6) is 5.75 Å². The molecule has 18 heavy (non-hydrogen) atoms. The van der Waals surface area contributed by atoms with E-state index in [0.717, 1.165) is 48.3 Å². The van der Waals surface area contributed by atoms with Gasteiger partial charge in [-0.05, 0) is 31.0 Å². The molecule has 0 aliphatic carbocycles. The van der Waals surface area contributed by atoms with E-state index in [1.807, 2.05) is 12.1 Å². The van der Waals surface area contributed by atoms with Crippen molar-refractivity contribution >= 4 is 15.9 Å². The van der Waals surface area contributed by atoms with Crippen LogP contribution in [0.3, 0.4) is 0 Å². The minimum atomic E-state index is 0.0825. The summed E-state index contributed by atoms with van der Waals surface area (Å²) in [5, 5.41) is 0. The normalized spacial score (nSPS) is 28.6. The molecule has 1 aromatic rings. The highest BCUT2D eigenvalue weighted by Crippen LogP contribution is 2.38. The maximum Gasteiger partial charge on any atom is 0.124 e. The fraction of sp³-hybridized carbons (Fsp3) is 0.571. The van der Waals surface area contributed by atoms with E-state index >= 15 is 0 Å². The van der Waals surface area contributed by atoms with Gasteiger partial charge >= 0.3 is 0 Å². The third-order valence-corrected chi connectivity index (χ3v) is 4.42. The molecule has 2 aliphatic rings. The Morgan fingerprint density at radius 3 is 2.78 bits per heavy atom. The minimum Gasteiger partial charge on any atom is -0.490 e. The standard InChI is InChI=1S/C14H18BrNO2/c15-10-1-2-13-11(7-10)12(16)8-14(18-13)9-3-5-17-6-4-9/h1-2,7,9,12,14H,3-6,8,16H2/t12-,14?/m0/s1. The largest absolute Gasteiger partial charge is 0.490 e. The Balaban J connectivity index is 1.80. The van der Waals surface area contributed by atoms with Gasteiger partial charge < -0.3 is 15.2 Å². The van der Waals surface area contributed by atoms with Gasteiger partial charge in [-0.25, -0.2) is 0 Å². The molecule has 2 heterocycles. The van der Waals surface area contributed by atoms with Gasteiger partial charge in [-0.3, -0.25) is 0 Å². The molecule has 2 aliphatic heterocycles. The summed E-state index contributed by atoms with van der Waals surface area (Å²) < 4.78 is 12.6. The van der Waals surface area contributed by atoms with Crippen molar-refractivity contribution in [1.29, 1.82) is 0 Å². The van der Waals surface area contributed by atoms with Gasteiger partial charge in [0.1, 0.15) is 11.9 Å². The van der Waals surface area contributed by atoms with E-state index in [1.165, 1.54) is 0 Å². The van der Waals surface area contributed by atoms with Crippen molar-refractivity contribution in [3.63, 3.8) is 0 Å². The first-order valence-electron chi connectivity index (χ1n) is 6.53. The van der Waals surface area contributed by atoms with Crippen LogP contribution in [-0.2, 0) is 4.74 Å². The molecule has 0 bridgehead atoms. The van der Waals surface area contributed by atoms with Gasteiger partial charge in [0.15, 0.2) is 0 Å². The zero-order chi connectivity index (χ0) is 12.5. The summed E-state index contributed by atoms with van der Waals surface area (Å²) in [7, 11) is 0. The van der Waals surface area contributed by atoms with Crippen molar-refractivity contribution in [3.05, 3.63) is 28.2 Å². The maximum atomic E-state index is 6.28. The molecule has 0 spiro atoms. The monoisotopic (exact) mass is 311 g/mol. The van der Waals surface area contributed by atoms with E-state index in [-0.39, 0.29) is 12.1 Å². The average Bonchev–Trinajstić information content (AvgIpc) is 2.40. The second-order valence-corrected chi connectivity index (χ2v) is 6.05. The van der Waals surface area contributed by atoms with Crippen molar-refractivity contribution in [2.75, 3.05) is 13.2 Å². The molecule has 98 valence electrons. The highest BCUT2D eigenvalue weighted by molar-refractivity contribution is 9.10. The number of rotatable bonds is 1. The highest BCUT2D eigenvalue weighted by Gasteiger charge is 2.32. The van der Waals surface area contributed by atoms with E-state index in [1.54, 1.807) is 0 Å². The van der Waals surface area contributed by atoms with Gasteiger partial charge in [0.25, 0.3) is 0 Å². The van der Waals surface area contributed by atoms with Crippen LogP contribution in [0.2, 0.25) is 0 Å². The number of hydrogen-bond donors (Lipinski definition) is 1. The molecule has 2 atom stereocenters. The number of nitrogens with two attached hydrogens (primary N) is 1. The summed E-state index contributed by atoms with van der Waals surface area (Å²) >= 11 is 3.48. The molecule has 3 nitrogen and oxygen atoms in total. The fourth-order valence-corrected chi connectivity index (χ4v) is 3.26. The molecular weight excluding hydrogens is 294 g/mol. The van der Waals surface area contributed by atoms with E-state index < -0.39 is 0 Å². The SMILES string of the molecule is N[C@H]1CC(C2CCOCC2)Oc2ccc(Br)cc21. The van der Waals surface area contributed by atoms with Crippen molar-refractivity contribution < 1.29 is 9.47 Å². The van der Waals surface area contributed by atoms with Gasteiger partial charge in [0, 0.05) is 41.6 Å². The molecule has 0 amide bonds. The molecule has 3 rings (SSSR count). The molecule has 1 fully saturated rings. The summed E-state index contributed by atoms with van der Waals surface area (Å²) in [5.41, 5.74) is 7.40. The van der Waals surface area contributed by atoms with Crippen LogP contribution in [0.25, 0.3) is 0 Å². The lowest BCUT2D eigenvalue weighted by molar-refractivity contribution is 0.00729. The van der Waals surface area contributed by atoms with Gasteiger partial charge in [-0.2, -0.15) is 0 Å². The predicted molar refractivity (Wildman–Crippen MR) is 73.6 cm³/mol. The van der Waals surface area contributed by atoms with Crippen molar-refractivity contribution in [2.45, 2.75) is 31.4 Å². The molecular formula is C14H18BrNO2. The molecule has 0 saturated carbocycles. The van der Waals surface area contributed by atoms with Crippen LogP contribution >= 0.6 is 15.9 Å². The van der Waals surface area contributed by atoms with Gasteiger partial charge in [-0.1, -0.05) is 15.9 Å². The minimum absolute atomic E-state index is 0.0825. The van der Waals surface area contributed by atoms with E-state index in [4.69, 9.17) is 15.2 Å². The van der Waals surface area contributed by atoms with E-state index in [2.05, 4.69) is 22.0 Å². The number of hydrogen-bond acceptors (Lipinski definition) is 3. The first kappa shape index (κ1) is 12.5. The van der Waals surface area contributed by atoms with Crippen LogP contribution in [0, 0.1) is 5.92 Å². The Bertz CT molecular complexity index is 432. The van der Waals surface area contributed by atoms with Gasteiger partial charge in [-0.15, -0.1) is 0 Å². The van der Waals surface area contributed by atoms with E-state index in [9.17, 15) is 0 Å². The first-order valence-corrected chi connectivity index (χ1v) is 7.33. The molecule has 2 N–H and O–H groups in total. The van der Waals surface area contributed by atoms with Crippen molar-refractivity contribution in [1.82, 2.24) is 0 Å². The number of fused-ring (bicyclic) bond motifs is 1. The Labute approximate surface area is 116 Å². The lowest BCUT2D eigenvalue weighted by Crippen LogP contribution is -2.37. The van der Waals surface area contributed by atoms with Gasteiger partial charge in [0.2, 0.25) is 0 Å². The number of benzene rings is 1. The molecule has 1 aromatic carbocycles. The topological polar surface area (TPSA) is 44.5 Å². The predicted octanol–water partition coefficient (Wildman–Crippen LogP) is 3.03. The molecule has 1 saturated heterocycles. The third kappa shape index (κ3) is 2.42. The zero-order valence-electron chi connectivity index (χ0n) is 10.3. The molecule has 0 aromatic heterocycles. The van der Waals surface area contributed by atoms with Crippen molar-refractivity contribution in [2.24, 2.45) is 11.7 Å². The van der Waals surface area contributed by atoms with Crippen LogP contribution in [-0.4, -0.2) is 19.3 Å². The smallest absolute Gasteiger partial charge is 0.124 e. The second kappa shape index (κ2) is 5.19. The average molecular weight is 312 g/mol. The number of halogens is 1. The summed E-state index contributed by atoms with van der Waals surface area (Å²) in [5.74, 6) is 1.54. The lowest BCUT2D eigenvalue weighted by atomic mass is 9.86. The molecule has 1 unspecified atom stereocenters. The summed E-state index contributed by atoms with van der Waals surface area (Å²) in [6.45, 7) is 1.71. The van der Waals surface area contributed by atoms with Crippen LogP contribution < -0.4 is 10.5 Å². The fourth-order valence-electron chi connectivity index (χ4n) is 2.88. The second-order valence-electron chi connectivity index (χ2n) is 5.13. The van der Waals surface area contributed by atoms with Gasteiger partial charge in [0.05, 0.1) is 0 Å². The Morgan fingerprint density at radius 1 is 1.22 bits per heavy atom.